The van der Waals surface area contributed by atoms with Gasteiger partial charge < -0.3 is 9.80 Å². The number of nitrogens with zero attached hydrogens (tertiary/aromatic N) is 2. The number of hydrogen-bond acceptors (Lipinski definition) is 2. The predicted octanol–water partition coefficient (Wildman–Crippen LogP) is 2.43. The van der Waals surface area contributed by atoms with Crippen LogP contribution in [0.25, 0.3) is 0 Å². The van der Waals surface area contributed by atoms with Crippen LogP contribution in [0.3, 0.4) is 0 Å². The third kappa shape index (κ3) is 3.74. The minimum Gasteiger partial charge on any atom is -0.332 e. The molecule has 0 spiro atoms. The van der Waals surface area contributed by atoms with Crippen molar-refractivity contribution in [3.63, 3.8) is 0 Å². The van der Waals surface area contributed by atoms with E-state index in [0.29, 0.717) is 6.54 Å². The molecule has 2 saturated heterocycles. The maximum absolute atomic E-state index is 12.3. The molecule has 2 rings (SSSR count). The van der Waals surface area contributed by atoms with Crippen LogP contribution in [0.4, 0.5) is 0 Å². The number of rotatable bonds is 7. The molecule has 1 atom stereocenters. The van der Waals surface area contributed by atoms with Crippen LogP contribution in [0.15, 0.2) is 0 Å². The molecule has 0 aromatic heterocycles. The van der Waals surface area contributed by atoms with Gasteiger partial charge in [0.25, 0.3) is 0 Å². The van der Waals surface area contributed by atoms with Crippen molar-refractivity contribution in [1.29, 1.82) is 0 Å². The van der Waals surface area contributed by atoms with E-state index in [0.717, 1.165) is 38.3 Å². The van der Waals surface area contributed by atoms with Crippen LogP contribution in [-0.4, -0.2) is 47.3 Å². The van der Waals surface area contributed by atoms with Gasteiger partial charge in [-0.1, -0.05) is 39.5 Å². The van der Waals surface area contributed by atoms with Crippen molar-refractivity contribution in [2.75, 3.05) is 19.6 Å². The molecule has 0 aromatic carbocycles. The quantitative estimate of drug-likeness (QED) is 0.672. The van der Waals surface area contributed by atoms with Crippen LogP contribution in [0.5, 0.6) is 0 Å². The van der Waals surface area contributed by atoms with E-state index in [-0.39, 0.29) is 17.9 Å². The zero-order valence-electron chi connectivity index (χ0n) is 12.9. The molecule has 4 heteroatoms. The minimum atomic E-state index is -0.141. The summed E-state index contributed by atoms with van der Waals surface area (Å²) in [4.78, 5) is 27.8. The summed E-state index contributed by atoms with van der Waals surface area (Å²) in [6.07, 6.45) is 7.84. The largest absolute Gasteiger partial charge is 0.332 e. The molecule has 2 amide bonds. The topological polar surface area (TPSA) is 40.6 Å². The van der Waals surface area contributed by atoms with E-state index in [1.54, 1.807) is 9.80 Å². The first-order chi connectivity index (χ1) is 9.59. The van der Waals surface area contributed by atoms with Gasteiger partial charge in [-0.25, -0.2) is 0 Å². The Morgan fingerprint density at radius 1 is 1.15 bits per heavy atom. The van der Waals surface area contributed by atoms with Gasteiger partial charge in [-0.3, -0.25) is 9.59 Å². The third-order valence-corrected chi connectivity index (χ3v) is 4.46. The molecule has 0 aliphatic carbocycles. The number of unbranched alkanes of at least 4 members (excludes halogenated alkanes) is 3. The minimum absolute atomic E-state index is 0.141. The average molecular weight is 280 g/mol. The van der Waals surface area contributed by atoms with Crippen molar-refractivity contribution in [3.8, 4) is 0 Å². The Hall–Kier alpha value is -1.06. The number of piperazine rings is 1. The van der Waals surface area contributed by atoms with Crippen molar-refractivity contribution in [2.24, 2.45) is 5.92 Å². The molecule has 4 nitrogen and oxygen atoms in total. The van der Waals surface area contributed by atoms with E-state index in [1.165, 1.54) is 25.7 Å². The third-order valence-electron chi connectivity index (χ3n) is 4.46. The SMILES string of the molecule is CC(C)CCCCCCN1CC(=O)N2CCCC2C1=O. The molecule has 2 aliphatic rings. The molecule has 0 bridgehead atoms. The van der Waals surface area contributed by atoms with E-state index in [9.17, 15) is 9.59 Å². The molecular formula is C16H28N2O2. The number of carbonyl (C=O) groups is 2. The zero-order chi connectivity index (χ0) is 14.5. The number of amides is 2. The lowest BCUT2D eigenvalue weighted by atomic mass is 10.0. The normalized spacial score (nSPS) is 22.9. The number of hydrogen-bond donors (Lipinski definition) is 0. The summed E-state index contributed by atoms with van der Waals surface area (Å²) in [5.74, 6) is 1.11. The fraction of sp³-hybridized carbons (Fsp3) is 0.875. The molecule has 0 aromatic rings. The predicted molar refractivity (Wildman–Crippen MR) is 79.2 cm³/mol. The molecule has 2 fully saturated rings. The van der Waals surface area contributed by atoms with Gasteiger partial charge in [0.2, 0.25) is 11.8 Å². The molecule has 20 heavy (non-hydrogen) atoms. The Morgan fingerprint density at radius 2 is 1.90 bits per heavy atom. The highest BCUT2D eigenvalue weighted by Gasteiger charge is 2.41. The zero-order valence-corrected chi connectivity index (χ0v) is 12.9. The first-order valence-corrected chi connectivity index (χ1v) is 8.18. The van der Waals surface area contributed by atoms with E-state index in [2.05, 4.69) is 13.8 Å². The van der Waals surface area contributed by atoms with Crippen molar-refractivity contribution in [3.05, 3.63) is 0 Å². The van der Waals surface area contributed by atoms with Crippen LogP contribution in [0.1, 0.15) is 58.8 Å². The smallest absolute Gasteiger partial charge is 0.245 e. The summed E-state index contributed by atoms with van der Waals surface area (Å²) in [6.45, 7) is 6.35. The van der Waals surface area contributed by atoms with Crippen molar-refractivity contribution in [2.45, 2.75) is 64.8 Å². The summed E-state index contributed by atoms with van der Waals surface area (Å²) in [7, 11) is 0. The lowest BCUT2D eigenvalue weighted by Gasteiger charge is -2.36. The highest BCUT2D eigenvalue weighted by atomic mass is 16.2. The molecule has 2 heterocycles. The maximum atomic E-state index is 12.3. The lowest BCUT2D eigenvalue weighted by molar-refractivity contribution is -0.153. The Kier molecular flexibility index (Phi) is 5.44. The first-order valence-electron chi connectivity index (χ1n) is 8.18. The van der Waals surface area contributed by atoms with Crippen LogP contribution >= 0.6 is 0 Å². The summed E-state index contributed by atoms with van der Waals surface area (Å²) < 4.78 is 0. The van der Waals surface area contributed by atoms with Crippen molar-refractivity contribution in [1.82, 2.24) is 9.80 Å². The van der Waals surface area contributed by atoms with E-state index < -0.39 is 0 Å². The van der Waals surface area contributed by atoms with Gasteiger partial charge in [0.05, 0.1) is 6.54 Å². The maximum Gasteiger partial charge on any atom is 0.245 e. The molecule has 2 aliphatic heterocycles. The summed E-state index contributed by atoms with van der Waals surface area (Å²) in [5, 5.41) is 0. The molecule has 1 unspecified atom stereocenters. The lowest BCUT2D eigenvalue weighted by Crippen LogP contribution is -2.57. The van der Waals surface area contributed by atoms with Crippen LogP contribution in [0.2, 0.25) is 0 Å². The second kappa shape index (κ2) is 7.09. The van der Waals surface area contributed by atoms with Gasteiger partial charge in [0, 0.05) is 13.1 Å². The Morgan fingerprint density at radius 3 is 2.65 bits per heavy atom. The second-order valence-electron chi connectivity index (χ2n) is 6.60. The van der Waals surface area contributed by atoms with Gasteiger partial charge in [0.1, 0.15) is 6.04 Å². The van der Waals surface area contributed by atoms with Gasteiger partial charge in [0.15, 0.2) is 0 Å². The average Bonchev–Trinajstić information content (AvgIpc) is 2.88. The highest BCUT2D eigenvalue weighted by Crippen LogP contribution is 2.23. The van der Waals surface area contributed by atoms with Gasteiger partial charge in [-0.05, 0) is 25.2 Å². The summed E-state index contributed by atoms with van der Waals surface area (Å²) in [6, 6.07) is -0.141. The van der Waals surface area contributed by atoms with E-state index in [4.69, 9.17) is 0 Å². The van der Waals surface area contributed by atoms with Crippen LogP contribution < -0.4 is 0 Å². The number of carbonyl (C=O) groups excluding carboxylic acids is 2. The first kappa shape index (κ1) is 15.3. The highest BCUT2D eigenvalue weighted by molar-refractivity contribution is 5.95. The fourth-order valence-corrected chi connectivity index (χ4v) is 3.26. The standard InChI is InChI=1S/C16H28N2O2/c1-13(2)8-5-3-4-6-10-17-12-15(19)18-11-7-9-14(18)16(17)20/h13-14H,3-12H2,1-2H3. The van der Waals surface area contributed by atoms with E-state index in [1.807, 2.05) is 0 Å². The monoisotopic (exact) mass is 280 g/mol. The van der Waals surface area contributed by atoms with Crippen molar-refractivity contribution >= 4 is 11.8 Å². The Labute approximate surface area is 122 Å². The summed E-state index contributed by atoms with van der Waals surface area (Å²) >= 11 is 0. The molecule has 0 N–H and O–H groups in total. The molecule has 114 valence electrons. The van der Waals surface area contributed by atoms with Gasteiger partial charge in [-0.2, -0.15) is 0 Å². The summed E-state index contributed by atoms with van der Waals surface area (Å²) in [5.41, 5.74) is 0. The fourth-order valence-electron chi connectivity index (χ4n) is 3.26. The molecular weight excluding hydrogens is 252 g/mol. The van der Waals surface area contributed by atoms with E-state index >= 15 is 0 Å². The Balaban J connectivity index is 1.68. The number of fused-ring (bicyclic) bond motifs is 1. The molecule has 0 radical (unpaired) electrons. The molecule has 0 saturated carbocycles. The van der Waals surface area contributed by atoms with Gasteiger partial charge in [-0.15, -0.1) is 0 Å². The van der Waals surface area contributed by atoms with Crippen LogP contribution in [0, 0.1) is 5.92 Å². The second-order valence-corrected chi connectivity index (χ2v) is 6.60. The van der Waals surface area contributed by atoms with Crippen molar-refractivity contribution < 1.29 is 9.59 Å². The Bertz CT molecular complexity index is 354. The van der Waals surface area contributed by atoms with Gasteiger partial charge >= 0.3 is 0 Å². The van der Waals surface area contributed by atoms with Crippen LogP contribution in [-0.2, 0) is 9.59 Å².